The molecule has 27 heavy (non-hydrogen) atoms. The lowest BCUT2D eigenvalue weighted by atomic mass is 10.0. The Kier molecular flexibility index (Phi) is 5.22. The van der Waals surface area contributed by atoms with E-state index in [-0.39, 0.29) is 24.1 Å². The van der Waals surface area contributed by atoms with E-state index in [1.54, 1.807) is 4.90 Å². The molecule has 3 aliphatic rings. The average molecular weight is 370 g/mol. The van der Waals surface area contributed by atoms with Crippen molar-refractivity contribution in [2.45, 2.75) is 57.3 Å². The number of hydrogen-bond donors (Lipinski definition) is 3. The van der Waals surface area contributed by atoms with E-state index in [4.69, 9.17) is 0 Å². The summed E-state index contributed by atoms with van der Waals surface area (Å²) in [4.78, 5) is 37.9. The van der Waals surface area contributed by atoms with Crippen LogP contribution in [0.2, 0.25) is 0 Å². The zero-order valence-electron chi connectivity index (χ0n) is 15.4. The fourth-order valence-electron chi connectivity index (χ4n) is 4.17. The molecule has 7 nitrogen and oxygen atoms in total. The molecule has 0 bridgehead atoms. The zero-order valence-corrected chi connectivity index (χ0v) is 15.4. The molecule has 1 aromatic carbocycles. The van der Waals surface area contributed by atoms with Gasteiger partial charge in [0.1, 0.15) is 6.04 Å². The summed E-state index contributed by atoms with van der Waals surface area (Å²) in [6.07, 6.45) is 4.30. The highest BCUT2D eigenvalue weighted by Gasteiger charge is 2.39. The van der Waals surface area contributed by atoms with Crippen molar-refractivity contribution >= 4 is 17.7 Å². The summed E-state index contributed by atoms with van der Waals surface area (Å²) in [5.41, 5.74) is 2.71. The minimum Gasteiger partial charge on any atom is -0.322 e. The molecule has 0 radical (unpaired) electrons. The predicted molar refractivity (Wildman–Crippen MR) is 99.8 cm³/mol. The van der Waals surface area contributed by atoms with E-state index in [0.717, 1.165) is 30.8 Å². The summed E-state index contributed by atoms with van der Waals surface area (Å²) in [7, 11) is 0. The Morgan fingerprint density at radius 2 is 2.04 bits per heavy atom. The van der Waals surface area contributed by atoms with Gasteiger partial charge in [-0.25, -0.2) is 0 Å². The first kappa shape index (κ1) is 18.1. The van der Waals surface area contributed by atoms with Crippen LogP contribution in [0.1, 0.15) is 53.6 Å². The van der Waals surface area contributed by atoms with Crippen LogP contribution >= 0.6 is 0 Å². The lowest BCUT2D eigenvalue weighted by Crippen LogP contribution is -2.52. The lowest BCUT2D eigenvalue weighted by Gasteiger charge is -2.29. The van der Waals surface area contributed by atoms with E-state index in [1.165, 1.54) is 19.3 Å². The van der Waals surface area contributed by atoms with E-state index in [1.807, 2.05) is 12.1 Å². The van der Waals surface area contributed by atoms with Crippen LogP contribution in [-0.4, -0.2) is 47.8 Å². The second-order valence-corrected chi connectivity index (χ2v) is 7.67. The average Bonchev–Trinajstić information content (AvgIpc) is 2.84. The number of carbonyl (C=O) groups is 3. The van der Waals surface area contributed by atoms with Crippen LogP contribution in [0.15, 0.2) is 18.2 Å². The Labute approximate surface area is 158 Å². The highest BCUT2D eigenvalue weighted by atomic mass is 16.2. The Hall–Kier alpha value is -2.25. The van der Waals surface area contributed by atoms with Crippen molar-refractivity contribution in [3.63, 3.8) is 0 Å². The van der Waals surface area contributed by atoms with Gasteiger partial charge in [-0.3, -0.25) is 19.7 Å². The smallest absolute Gasteiger partial charge is 0.255 e. The van der Waals surface area contributed by atoms with Gasteiger partial charge < -0.3 is 15.5 Å². The highest BCUT2D eigenvalue weighted by Crippen LogP contribution is 2.28. The summed E-state index contributed by atoms with van der Waals surface area (Å²) < 4.78 is 0. The van der Waals surface area contributed by atoms with Crippen molar-refractivity contribution in [3.05, 3.63) is 34.9 Å². The number of fused-ring (bicyclic) bond motifs is 1. The quantitative estimate of drug-likeness (QED) is 0.678. The van der Waals surface area contributed by atoms with Crippen molar-refractivity contribution < 1.29 is 14.4 Å². The van der Waals surface area contributed by atoms with Crippen LogP contribution in [0.3, 0.4) is 0 Å². The summed E-state index contributed by atoms with van der Waals surface area (Å²) in [5, 5.41) is 9.37. The van der Waals surface area contributed by atoms with Gasteiger partial charge in [-0.15, -0.1) is 0 Å². The van der Waals surface area contributed by atoms with E-state index < -0.39 is 6.04 Å². The van der Waals surface area contributed by atoms with Gasteiger partial charge in [0.05, 0.1) is 0 Å². The third-order valence-corrected chi connectivity index (χ3v) is 5.73. The lowest BCUT2D eigenvalue weighted by molar-refractivity contribution is -0.136. The first-order valence-corrected chi connectivity index (χ1v) is 9.82. The van der Waals surface area contributed by atoms with Gasteiger partial charge in [0.2, 0.25) is 11.8 Å². The molecule has 3 N–H and O–H groups in total. The second-order valence-electron chi connectivity index (χ2n) is 7.67. The number of piperidine rings is 1. The van der Waals surface area contributed by atoms with Crippen LogP contribution in [0.5, 0.6) is 0 Å². The van der Waals surface area contributed by atoms with Gasteiger partial charge in [0.25, 0.3) is 5.91 Å². The van der Waals surface area contributed by atoms with Crippen molar-refractivity contribution in [1.82, 2.24) is 20.9 Å². The topological polar surface area (TPSA) is 90.5 Å². The number of benzene rings is 1. The number of hydrogen-bond acceptors (Lipinski definition) is 5. The maximum Gasteiger partial charge on any atom is 0.255 e. The van der Waals surface area contributed by atoms with E-state index >= 15 is 0 Å². The minimum atomic E-state index is -0.554. The van der Waals surface area contributed by atoms with E-state index in [2.05, 4.69) is 22.0 Å². The zero-order chi connectivity index (χ0) is 18.8. The first-order chi connectivity index (χ1) is 13.1. The van der Waals surface area contributed by atoms with Gasteiger partial charge in [0.15, 0.2) is 0 Å². The molecule has 4 rings (SSSR count). The molecule has 2 atom stereocenters. The Morgan fingerprint density at radius 1 is 1.15 bits per heavy atom. The van der Waals surface area contributed by atoms with Crippen LogP contribution in [0, 0.1) is 0 Å². The third-order valence-electron chi connectivity index (χ3n) is 5.73. The number of amides is 3. The summed E-state index contributed by atoms with van der Waals surface area (Å²) in [5.74, 6) is -0.741. The standard InChI is InChI=1S/C20H26N4O3/c25-18-7-6-17(19(26)23-18)24-12-14-5-4-13(9-16(14)20(24)27)10-22-15-3-1-2-8-21-11-15/h4-5,9,15,17,21-22H,1-3,6-8,10-12H2,(H,23,25,26)/t15-,17?/m0/s1. The van der Waals surface area contributed by atoms with Crippen molar-refractivity contribution in [3.8, 4) is 0 Å². The summed E-state index contributed by atoms with van der Waals surface area (Å²) in [6.45, 7) is 3.22. The third kappa shape index (κ3) is 3.89. The SMILES string of the molecule is O=C1CCC(N2Cc3ccc(CN[C@H]4CCCCNC4)cc3C2=O)C(=O)N1. The van der Waals surface area contributed by atoms with Crippen LogP contribution in [-0.2, 0) is 22.7 Å². The van der Waals surface area contributed by atoms with E-state index in [0.29, 0.717) is 24.6 Å². The minimum absolute atomic E-state index is 0.113. The highest BCUT2D eigenvalue weighted by molar-refractivity contribution is 6.05. The van der Waals surface area contributed by atoms with E-state index in [9.17, 15) is 14.4 Å². The molecular weight excluding hydrogens is 344 g/mol. The molecule has 0 aromatic heterocycles. The van der Waals surface area contributed by atoms with Crippen molar-refractivity contribution in [2.24, 2.45) is 0 Å². The molecule has 1 unspecified atom stereocenters. The molecule has 3 aliphatic heterocycles. The van der Waals surface area contributed by atoms with Crippen molar-refractivity contribution in [1.29, 1.82) is 0 Å². The predicted octanol–water partition coefficient (Wildman–Crippen LogP) is 0.679. The maximum absolute atomic E-state index is 12.9. The monoisotopic (exact) mass is 370 g/mol. The molecule has 3 amide bonds. The number of nitrogens with one attached hydrogen (secondary N) is 3. The number of imide groups is 1. The van der Waals surface area contributed by atoms with Crippen molar-refractivity contribution in [2.75, 3.05) is 13.1 Å². The van der Waals surface area contributed by atoms with Gasteiger partial charge in [-0.2, -0.15) is 0 Å². The first-order valence-electron chi connectivity index (χ1n) is 9.82. The number of carbonyl (C=O) groups excluding carboxylic acids is 3. The Balaban J connectivity index is 1.42. The number of nitrogens with zero attached hydrogens (tertiary/aromatic N) is 1. The Morgan fingerprint density at radius 3 is 2.89 bits per heavy atom. The number of rotatable bonds is 4. The molecule has 7 heteroatoms. The maximum atomic E-state index is 12.9. The normalized spacial score (nSPS) is 25.9. The fourth-order valence-corrected chi connectivity index (χ4v) is 4.17. The van der Waals surface area contributed by atoms with Crippen LogP contribution in [0.4, 0.5) is 0 Å². The van der Waals surface area contributed by atoms with Gasteiger partial charge >= 0.3 is 0 Å². The molecule has 3 heterocycles. The largest absolute Gasteiger partial charge is 0.322 e. The van der Waals surface area contributed by atoms with Gasteiger partial charge in [-0.1, -0.05) is 18.6 Å². The van der Waals surface area contributed by atoms with Crippen LogP contribution < -0.4 is 16.0 Å². The molecule has 2 saturated heterocycles. The molecule has 2 fully saturated rings. The van der Waals surface area contributed by atoms with Crippen LogP contribution in [0.25, 0.3) is 0 Å². The van der Waals surface area contributed by atoms with Gasteiger partial charge in [0, 0.05) is 37.7 Å². The fraction of sp³-hybridized carbons (Fsp3) is 0.550. The second kappa shape index (κ2) is 7.78. The summed E-state index contributed by atoms with van der Waals surface area (Å²) in [6, 6.07) is 5.89. The Bertz CT molecular complexity index is 756. The summed E-state index contributed by atoms with van der Waals surface area (Å²) >= 11 is 0. The molecule has 0 saturated carbocycles. The molecule has 0 aliphatic carbocycles. The molecule has 0 spiro atoms. The molecular formula is C20H26N4O3. The van der Waals surface area contributed by atoms with Gasteiger partial charge in [-0.05, 0) is 43.0 Å². The molecule has 144 valence electrons. The molecule has 1 aromatic rings.